The molecule has 0 bridgehead atoms. The summed E-state index contributed by atoms with van der Waals surface area (Å²) in [5.74, 6) is 0. The van der Waals surface area contributed by atoms with Gasteiger partial charge in [0.1, 0.15) is 6.61 Å². The number of nitrogens with one attached hydrogen (secondary N) is 1. The summed E-state index contributed by atoms with van der Waals surface area (Å²) >= 11 is 0. The van der Waals surface area contributed by atoms with Crippen molar-refractivity contribution in [2.24, 2.45) is 0 Å². The van der Waals surface area contributed by atoms with Gasteiger partial charge >= 0.3 is 0 Å². The molecule has 1 aromatic rings. The molecule has 0 amide bonds. The Morgan fingerprint density at radius 1 is 1.37 bits per heavy atom. The van der Waals surface area contributed by atoms with Crippen LogP contribution in [0.5, 0.6) is 0 Å². The fourth-order valence-corrected chi connectivity index (χ4v) is 1.85. The van der Waals surface area contributed by atoms with Crippen molar-refractivity contribution in [2.75, 3.05) is 19.8 Å². The first-order chi connectivity index (χ1) is 9.13. The van der Waals surface area contributed by atoms with Crippen LogP contribution in [0.3, 0.4) is 0 Å². The second-order valence-electron chi connectivity index (χ2n) is 4.56. The van der Waals surface area contributed by atoms with E-state index in [1.54, 1.807) is 6.20 Å². The Balaban J connectivity index is 2.51. The molecule has 1 atom stereocenters. The van der Waals surface area contributed by atoms with Gasteiger partial charge in [0.2, 0.25) is 0 Å². The molecule has 5 heteroatoms. The molecular weight excluding hydrogens is 250 g/mol. The number of hydrogen-bond acceptors (Lipinski definition) is 3. The second kappa shape index (κ2) is 8.93. The number of ether oxygens (including phenoxy) is 1. The van der Waals surface area contributed by atoms with E-state index in [0.717, 1.165) is 24.1 Å². The van der Waals surface area contributed by atoms with Gasteiger partial charge in [0.15, 0.2) is 0 Å². The largest absolute Gasteiger partial charge is 0.375 e. The highest BCUT2D eigenvalue weighted by atomic mass is 19.3. The Bertz CT molecular complexity index is 361. The van der Waals surface area contributed by atoms with Gasteiger partial charge in [0.05, 0.1) is 0 Å². The van der Waals surface area contributed by atoms with Gasteiger partial charge in [-0.05, 0) is 37.4 Å². The molecule has 1 rings (SSSR count). The minimum atomic E-state index is -2.40. The van der Waals surface area contributed by atoms with E-state index in [9.17, 15) is 8.78 Å². The number of aromatic nitrogens is 1. The second-order valence-corrected chi connectivity index (χ2v) is 4.56. The van der Waals surface area contributed by atoms with E-state index in [4.69, 9.17) is 4.74 Å². The van der Waals surface area contributed by atoms with Crippen LogP contribution in [0.2, 0.25) is 0 Å². The van der Waals surface area contributed by atoms with E-state index in [1.807, 2.05) is 13.1 Å². The zero-order chi connectivity index (χ0) is 14.1. The smallest absolute Gasteiger partial charge is 0.261 e. The van der Waals surface area contributed by atoms with Crippen molar-refractivity contribution >= 4 is 0 Å². The minimum absolute atomic E-state index is 0.102. The standard InChI is InChI=1S/C14H22F2N2O/c1-3-5-18-13(4-6-19-10-14(15)16)12-7-11(2)8-17-9-12/h7-9,13-14,18H,3-6,10H2,1-2H3. The Morgan fingerprint density at radius 3 is 2.79 bits per heavy atom. The van der Waals surface area contributed by atoms with Gasteiger partial charge in [-0.3, -0.25) is 4.98 Å². The van der Waals surface area contributed by atoms with Crippen molar-refractivity contribution in [3.63, 3.8) is 0 Å². The Labute approximate surface area is 113 Å². The number of alkyl halides is 2. The number of pyridine rings is 1. The molecule has 0 spiro atoms. The predicted octanol–water partition coefficient (Wildman–Crippen LogP) is 3.10. The van der Waals surface area contributed by atoms with Crippen LogP contribution in [0.15, 0.2) is 18.5 Å². The molecule has 0 saturated carbocycles. The lowest BCUT2D eigenvalue weighted by Gasteiger charge is -2.19. The first-order valence-electron chi connectivity index (χ1n) is 6.64. The Kier molecular flexibility index (Phi) is 7.52. The fourth-order valence-electron chi connectivity index (χ4n) is 1.85. The van der Waals surface area contributed by atoms with Crippen LogP contribution in [0.4, 0.5) is 8.78 Å². The quantitative estimate of drug-likeness (QED) is 0.701. The van der Waals surface area contributed by atoms with Crippen LogP contribution >= 0.6 is 0 Å². The third kappa shape index (κ3) is 6.59. The van der Waals surface area contributed by atoms with Gasteiger partial charge in [-0.15, -0.1) is 0 Å². The van der Waals surface area contributed by atoms with Crippen molar-refractivity contribution in [3.05, 3.63) is 29.6 Å². The third-order valence-corrected chi connectivity index (χ3v) is 2.73. The summed E-state index contributed by atoms with van der Waals surface area (Å²) in [6, 6.07) is 2.16. The van der Waals surface area contributed by atoms with Crippen molar-refractivity contribution < 1.29 is 13.5 Å². The van der Waals surface area contributed by atoms with Crippen LogP contribution < -0.4 is 5.32 Å². The molecule has 0 saturated heterocycles. The van der Waals surface area contributed by atoms with Gasteiger partial charge in [0.25, 0.3) is 6.43 Å². The normalized spacial score (nSPS) is 12.9. The molecule has 19 heavy (non-hydrogen) atoms. The molecule has 0 aliphatic rings. The van der Waals surface area contributed by atoms with Crippen molar-refractivity contribution in [1.29, 1.82) is 0 Å². The summed E-state index contributed by atoms with van der Waals surface area (Å²) in [6.07, 6.45) is 2.90. The lowest BCUT2D eigenvalue weighted by atomic mass is 10.0. The average molecular weight is 272 g/mol. The van der Waals surface area contributed by atoms with Crippen LogP contribution in [0.25, 0.3) is 0 Å². The number of nitrogens with zero attached hydrogens (tertiary/aromatic N) is 1. The van der Waals surface area contributed by atoms with Crippen LogP contribution in [-0.2, 0) is 4.74 Å². The molecule has 108 valence electrons. The summed E-state index contributed by atoms with van der Waals surface area (Å²) in [5.41, 5.74) is 2.17. The van der Waals surface area contributed by atoms with Gasteiger partial charge in [0, 0.05) is 25.0 Å². The van der Waals surface area contributed by atoms with Crippen LogP contribution in [0.1, 0.15) is 36.9 Å². The van der Waals surface area contributed by atoms with Crippen molar-refractivity contribution in [2.45, 2.75) is 39.2 Å². The summed E-state index contributed by atoms with van der Waals surface area (Å²) in [4.78, 5) is 4.17. The predicted molar refractivity (Wildman–Crippen MR) is 71.4 cm³/mol. The monoisotopic (exact) mass is 272 g/mol. The lowest BCUT2D eigenvalue weighted by molar-refractivity contribution is 0.0143. The topological polar surface area (TPSA) is 34.1 Å². The maximum atomic E-state index is 12.0. The SMILES string of the molecule is CCCNC(CCOCC(F)F)c1cncc(C)c1. The van der Waals surface area contributed by atoms with Crippen LogP contribution in [0, 0.1) is 6.92 Å². The molecular formula is C14H22F2N2O. The molecule has 1 aromatic heterocycles. The summed E-state index contributed by atoms with van der Waals surface area (Å²) < 4.78 is 28.9. The molecule has 0 radical (unpaired) electrons. The average Bonchev–Trinajstić information content (AvgIpc) is 2.37. The number of rotatable bonds is 9. The fraction of sp³-hybridized carbons (Fsp3) is 0.643. The molecule has 0 aromatic carbocycles. The van der Waals surface area contributed by atoms with E-state index >= 15 is 0 Å². The molecule has 3 nitrogen and oxygen atoms in total. The number of halogens is 2. The highest BCUT2D eigenvalue weighted by Gasteiger charge is 2.12. The van der Waals surface area contributed by atoms with Gasteiger partial charge < -0.3 is 10.1 Å². The van der Waals surface area contributed by atoms with E-state index in [1.165, 1.54) is 0 Å². The molecule has 1 unspecified atom stereocenters. The van der Waals surface area contributed by atoms with E-state index in [0.29, 0.717) is 13.0 Å². The van der Waals surface area contributed by atoms with Gasteiger partial charge in [-0.1, -0.05) is 13.0 Å². The van der Waals surface area contributed by atoms with E-state index < -0.39 is 13.0 Å². The number of hydrogen-bond donors (Lipinski definition) is 1. The van der Waals surface area contributed by atoms with E-state index in [-0.39, 0.29) is 6.04 Å². The van der Waals surface area contributed by atoms with E-state index in [2.05, 4.69) is 23.3 Å². The first kappa shape index (κ1) is 16.0. The molecule has 1 heterocycles. The summed E-state index contributed by atoms with van der Waals surface area (Å²) in [6.45, 7) is 4.78. The molecule has 0 fully saturated rings. The minimum Gasteiger partial charge on any atom is -0.375 e. The van der Waals surface area contributed by atoms with Crippen molar-refractivity contribution in [1.82, 2.24) is 10.3 Å². The summed E-state index contributed by atoms with van der Waals surface area (Å²) in [7, 11) is 0. The molecule has 0 aliphatic carbocycles. The zero-order valence-corrected chi connectivity index (χ0v) is 11.5. The van der Waals surface area contributed by atoms with Gasteiger partial charge in [-0.2, -0.15) is 0 Å². The highest BCUT2D eigenvalue weighted by Crippen LogP contribution is 2.17. The molecule has 0 aliphatic heterocycles. The Hall–Kier alpha value is -1.07. The third-order valence-electron chi connectivity index (χ3n) is 2.73. The maximum Gasteiger partial charge on any atom is 0.261 e. The first-order valence-corrected chi connectivity index (χ1v) is 6.64. The van der Waals surface area contributed by atoms with Gasteiger partial charge in [-0.25, -0.2) is 8.78 Å². The van der Waals surface area contributed by atoms with Crippen LogP contribution in [-0.4, -0.2) is 31.2 Å². The maximum absolute atomic E-state index is 12.0. The number of aryl methyl sites for hydroxylation is 1. The Morgan fingerprint density at radius 2 is 2.16 bits per heavy atom. The summed E-state index contributed by atoms with van der Waals surface area (Å²) in [5, 5.41) is 3.39. The van der Waals surface area contributed by atoms with Crippen molar-refractivity contribution in [3.8, 4) is 0 Å². The lowest BCUT2D eigenvalue weighted by Crippen LogP contribution is -2.24. The molecule has 1 N–H and O–H groups in total. The highest BCUT2D eigenvalue weighted by molar-refractivity contribution is 5.20. The zero-order valence-electron chi connectivity index (χ0n) is 11.5.